The molecule has 0 radical (unpaired) electrons. The summed E-state index contributed by atoms with van der Waals surface area (Å²) in [5.41, 5.74) is 1.11. The quantitative estimate of drug-likeness (QED) is 0.743. The highest BCUT2D eigenvalue weighted by atomic mass is 16.5. The molecule has 0 spiro atoms. The van der Waals surface area contributed by atoms with Gasteiger partial charge in [0.25, 0.3) is 0 Å². The molecule has 7 heteroatoms. The van der Waals surface area contributed by atoms with Crippen LogP contribution in [-0.4, -0.2) is 77.9 Å². The Labute approximate surface area is 118 Å². The number of morpholine rings is 1. The Bertz CT molecular complexity index is 450. The number of hydrogen-bond acceptors (Lipinski definition) is 5. The number of likely N-dealkylation sites (N-methyl/N-ethyl adjacent to an activating group) is 1. The van der Waals surface area contributed by atoms with Crippen molar-refractivity contribution in [1.82, 2.24) is 25.3 Å². The Balaban J connectivity index is 1.61. The Hall–Kier alpha value is -1.44. The summed E-state index contributed by atoms with van der Waals surface area (Å²) < 4.78 is 5.86. The molecule has 0 aromatic carbocycles. The van der Waals surface area contributed by atoms with Crippen molar-refractivity contribution in [3.63, 3.8) is 0 Å². The zero-order valence-electron chi connectivity index (χ0n) is 11.7. The molecule has 3 heterocycles. The average molecular weight is 279 g/mol. The van der Waals surface area contributed by atoms with E-state index in [2.05, 4.69) is 25.3 Å². The summed E-state index contributed by atoms with van der Waals surface area (Å²) in [7, 11) is 1.68. The van der Waals surface area contributed by atoms with E-state index in [-0.39, 0.29) is 12.0 Å². The number of fused-ring (bicyclic) bond motifs is 1. The van der Waals surface area contributed by atoms with Gasteiger partial charge in [-0.1, -0.05) is 0 Å². The van der Waals surface area contributed by atoms with Gasteiger partial charge in [0.1, 0.15) is 0 Å². The maximum atomic E-state index is 11.6. The van der Waals surface area contributed by atoms with Crippen molar-refractivity contribution in [2.45, 2.75) is 18.7 Å². The minimum absolute atomic E-state index is 0.0673. The summed E-state index contributed by atoms with van der Waals surface area (Å²) in [6.45, 7) is 4.68. The van der Waals surface area contributed by atoms with Gasteiger partial charge in [0, 0.05) is 45.1 Å². The second-order valence-corrected chi connectivity index (χ2v) is 5.40. The van der Waals surface area contributed by atoms with Gasteiger partial charge in [-0.3, -0.25) is 19.7 Å². The summed E-state index contributed by atoms with van der Waals surface area (Å²) in [5.74, 6) is 0.0673. The molecule has 1 aromatic rings. The molecule has 110 valence electrons. The molecular formula is C13H21N5O2. The van der Waals surface area contributed by atoms with E-state index in [0.717, 1.165) is 31.9 Å². The third-order valence-corrected chi connectivity index (χ3v) is 4.07. The Morgan fingerprint density at radius 3 is 3.25 bits per heavy atom. The lowest BCUT2D eigenvalue weighted by atomic mass is 10.1. The van der Waals surface area contributed by atoms with E-state index in [1.54, 1.807) is 13.2 Å². The van der Waals surface area contributed by atoms with E-state index in [1.165, 1.54) is 0 Å². The highest BCUT2D eigenvalue weighted by Crippen LogP contribution is 2.23. The summed E-state index contributed by atoms with van der Waals surface area (Å²) in [6.07, 6.45) is 1.98. The van der Waals surface area contributed by atoms with Gasteiger partial charge in [-0.2, -0.15) is 5.10 Å². The lowest BCUT2D eigenvalue weighted by molar-refractivity contribution is -0.125. The number of carbonyl (C=O) groups is 1. The molecule has 0 bridgehead atoms. The van der Waals surface area contributed by atoms with Gasteiger partial charge in [0.2, 0.25) is 5.91 Å². The number of carbonyl (C=O) groups excluding carboxylic acids is 1. The number of aromatic amines is 1. The molecule has 7 nitrogen and oxygen atoms in total. The van der Waals surface area contributed by atoms with Crippen LogP contribution in [0.4, 0.5) is 0 Å². The zero-order valence-corrected chi connectivity index (χ0v) is 11.7. The van der Waals surface area contributed by atoms with Gasteiger partial charge < -0.3 is 10.1 Å². The van der Waals surface area contributed by atoms with E-state index in [9.17, 15) is 4.79 Å². The van der Waals surface area contributed by atoms with E-state index in [0.29, 0.717) is 19.2 Å². The van der Waals surface area contributed by atoms with E-state index < -0.39 is 0 Å². The van der Waals surface area contributed by atoms with Gasteiger partial charge in [-0.05, 0) is 6.07 Å². The fourth-order valence-electron chi connectivity index (χ4n) is 3.04. The number of amides is 1. The van der Waals surface area contributed by atoms with E-state index in [4.69, 9.17) is 4.74 Å². The van der Waals surface area contributed by atoms with Gasteiger partial charge in [-0.25, -0.2) is 0 Å². The Morgan fingerprint density at radius 2 is 2.50 bits per heavy atom. The number of nitrogens with zero attached hydrogens (tertiary/aromatic N) is 3. The van der Waals surface area contributed by atoms with Gasteiger partial charge in [0.05, 0.1) is 25.3 Å². The number of nitrogens with one attached hydrogen (secondary N) is 2. The smallest absolute Gasteiger partial charge is 0.233 e. The van der Waals surface area contributed by atoms with E-state index in [1.807, 2.05) is 6.07 Å². The van der Waals surface area contributed by atoms with E-state index >= 15 is 0 Å². The fraction of sp³-hybridized carbons (Fsp3) is 0.692. The zero-order chi connectivity index (χ0) is 13.9. The number of likely N-dealkylation sites (tertiary alicyclic amines) is 1. The lowest BCUT2D eigenvalue weighted by Gasteiger charge is -2.36. The van der Waals surface area contributed by atoms with Crippen molar-refractivity contribution >= 4 is 5.91 Å². The largest absolute Gasteiger partial charge is 0.374 e. The fourth-order valence-corrected chi connectivity index (χ4v) is 3.04. The minimum atomic E-state index is 0.0673. The molecule has 2 saturated heterocycles. The van der Waals surface area contributed by atoms with Crippen LogP contribution < -0.4 is 5.32 Å². The van der Waals surface area contributed by atoms with Crippen LogP contribution in [0.5, 0.6) is 0 Å². The molecule has 2 fully saturated rings. The summed E-state index contributed by atoms with van der Waals surface area (Å²) in [6, 6.07) is 2.30. The van der Waals surface area contributed by atoms with Crippen molar-refractivity contribution < 1.29 is 9.53 Å². The summed E-state index contributed by atoms with van der Waals surface area (Å²) in [5, 5.41) is 9.65. The van der Waals surface area contributed by atoms with Crippen LogP contribution in [0.1, 0.15) is 5.69 Å². The second kappa shape index (κ2) is 5.90. The number of rotatable bonds is 4. The molecule has 0 aliphatic carbocycles. The highest BCUT2D eigenvalue weighted by Gasteiger charge is 2.40. The molecule has 3 rings (SSSR count). The highest BCUT2D eigenvalue weighted by molar-refractivity contribution is 5.77. The van der Waals surface area contributed by atoms with Gasteiger partial charge >= 0.3 is 0 Å². The second-order valence-electron chi connectivity index (χ2n) is 5.40. The van der Waals surface area contributed by atoms with Crippen molar-refractivity contribution in [2.75, 3.05) is 39.8 Å². The maximum absolute atomic E-state index is 11.6. The molecule has 1 amide bonds. The average Bonchev–Trinajstić information content (AvgIpc) is 3.08. The predicted molar refractivity (Wildman–Crippen MR) is 73.0 cm³/mol. The monoisotopic (exact) mass is 279 g/mol. The van der Waals surface area contributed by atoms with Crippen LogP contribution >= 0.6 is 0 Å². The molecule has 2 aliphatic heterocycles. The topological polar surface area (TPSA) is 73.5 Å². The molecule has 2 N–H and O–H groups in total. The first kappa shape index (κ1) is 13.5. The predicted octanol–water partition coefficient (Wildman–Crippen LogP) is -0.959. The SMILES string of the molecule is CNC(=O)CN1CCO[C@@H]2CN(Cc3ccn[nH]3)C[C@@H]21. The van der Waals surface area contributed by atoms with Crippen LogP contribution in [0, 0.1) is 0 Å². The minimum Gasteiger partial charge on any atom is -0.374 e. The lowest BCUT2D eigenvalue weighted by Crippen LogP contribution is -2.53. The van der Waals surface area contributed by atoms with Crippen LogP contribution in [0.3, 0.4) is 0 Å². The van der Waals surface area contributed by atoms with Gasteiger partial charge in [-0.15, -0.1) is 0 Å². The number of ether oxygens (including phenoxy) is 1. The number of hydrogen-bond donors (Lipinski definition) is 2. The molecule has 0 saturated carbocycles. The molecule has 1 aromatic heterocycles. The van der Waals surface area contributed by atoms with Crippen molar-refractivity contribution in [3.8, 4) is 0 Å². The molecule has 2 aliphatic rings. The maximum Gasteiger partial charge on any atom is 0.233 e. The third-order valence-electron chi connectivity index (χ3n) is 4.07. The Kier molecular flexibility index (Phi) is 4.00. The van der Waals surface area contributed by atoms with Crippen LogP contribution in [-0.2, 0) is 16.1 Å². The third kappa shape index (κ3) is 2.84. The van der Waals surface area contributed by atoms with Crippen molar-refractivity contribution in [1.29, 1.82) is 0 Å². The summed E-state index contributed by atoms with van der Waals surface area (Å²) >= 11 is 0. The molecule has 0 unspecified atom stereocenters. The van der Waals surface area contributed by atoms with Gasteiger partial charge in [0.15, 0.2) is 0 Å². The normalized spacial score (nSPS) is 27.4. The molecule has 20 heavy (non-hydrogen) atoms. The molecular weight excluding hydrogens is 258 g/mol. The Morgan fingerprint density at radius 1 is 1.60 bits per heavy atom. The first-order valence-electron chi connectivity index (χ1n) is 7.03. The standard InChI is InChI=1S/C13H21N5O2/c1-14-13(19)9-18-4-5-20-12-8-17(7-11(12)18)6-10-2-3-15-16-10/h2-3,11-12H,4-9H2,1H3,(H,14,19)(H,15,16)/t11-,12+/m0/s1. The van der Waals surface area contributed by atoms with Crippen LogP contribution in [0.25, 0.3) is 0 Å². The van der Waals surface area contributed by atoms with Crippen molar-refractivity contribution in [2.24, 2.45) is 0 Å². The molecule has 2 atom stereocenters. The first-order valence-corrected chi connectivity index (χ1v) is 7.03. The first-order chi connectivity index (χ1) is 9.76. The summed E-state index contributed by atoms with van der Waals surface area (Å²) in [4.78, 5) is 16.2. The number of aromatic nitrogens is 2. The van der Waals surface area contributed by atoms with Crippen LogP contribution in [0.15, 0.2) is 12.3 Å². The van der Waals surface area contributed by atoms with Crippen LogP contribution in [0.2, 0.25) is 0 Å². The number of H-pyrrole nitrogens is 1. The van der Waals surface area contributed by atoms with Crippen molar-refractivity contribution in [3.05, 3.63) is 18.0 Å².